The van der Waals surface area contributed by atoms with Crippen molar-refractivity contribution in [1.82, 2.24) is 15.8 Å². The van der Waals surface area contributed by atoms with Gasteiger partial charge in [-0.3, -0.25) is 14.4 Å². The number of hydrazine groups is 1. The fourth-order valence-electron chi connectivity index (χ4n) is 6.53. The van der Waals surface area contributed by atoms with Crippen molar-refractivity contribution in [2.45, 2.75) is 48.3 Å². The van der Waals surface area contributed by atoms with Gasteiger partial charge in [-0.2, -0.15) is 0 Å². The standard InChI is InChI=1S/C25H31N5O4S/c1-33-14-5-7-18-16(11-14)25(24(31)27-18)12-17(25)13-4-6-15-20(10-13)29-30-22(15)26-19-8-9-21(35(3)32)28-23(19)34-2/h5,7-9,11,13,15,17,20,22,26,29-30H,4,6,10,12H2,1-3H3,(H,27,31)/t13?,15?,17-,20?,22?,25-,35?/m0/s1. The van der Waals surface area contributed by atoms with Gasteiger partial charge in [-0.15, -0.1) is 0 Å². The Hall–Kier alpha value is -2.69. The highest BCUT2D eigenvalue weighted by Crippen LogP contribution is 2.65. The molecular formula is C25H31N5O4S. The molecule has 4 N–H and O–H groups in total. The Morgan fingerprint density at radius 3 is 2.77 bits per heavy atom. The Balaban J connectivity index is 1.15. The molecule has 7 atom stereocenters. The van der Waals surface area contributed by atoms with E-state index in [9.17, 15) is 9.00 Å². The second-order valence-electron chi connectivity index (χ2n) is 10.1. The van der Waals surface area contributed by atoms with Crippen LogP contribution < -0.4 is 31.0 Å². The fraction of sp³-hybridized carbons (Fsp3) is 0.520. The van der Waals surface area contributed by atoms with E-state index in [-0.39, 0.29) is 12.1 Å². The van der Waals surface area contributed by atoms with Gasteiger partial charge >= 0.3 is 0 Å². The van der Waals surface area contributed by atoms with E-state index in [0.29, 0.717) is 34.7 Å². The van der Waals surface area contributed by atoms with E-state index in [1.807, 2.05) is 24.3 Å². The number of aromatic nitrogens is 1. The third-order valence-electron chi connectivity index (χ3n) is 8.37. The average Bonchev–Trinajstić information content (AvgIpc) is 3.42. The van der Waals surface area contributed by atoms with Crippen molar-refractivity contribution in [3.05, 3.63) is 35.9 Å². The molecule has 35 heavy (non-hydrogen) atoms. The van der Waals surface area contributed by atoms with Crippen molar-refractivity contribution in [2.75, 3.05) is 31.1 Å². The van der Waals surface area contributed by atoms with Crippen molar-refractivity contribution >= 4 is 28.1 Å². The van der Waals surface area contributed by atoms with Gasteiger partial charge in [-0.1, -0.05) is 0 Å². The smallest absolute Gasteiger partial charge is 0.238 e. The molecule has 2 saturated carbocycles. The lowest BCUT2D eigenvalue weighted by atomic mass is 9.74. The SMILES string of the molecule is COc1ccc2c(c1)[C@]1(C[C@H]1C1CCC3C(C1)NNC3Nc1ccc(S(C)=O)nc1OC)C(=O)N2. The van der Waals surface area contributed by atoms with E-state index in [0.717, 1.165) is 48.4 Å². The van der Waals surface area contributed by atoms with Gasteiger partial charge in [0.2, 0.25) is 11.8 Å². The normalized spacial score (nSPS) is 33.6. The van der Waals surface area contributed by atoms with Crippen molar-refractivity contribution in [2.24, 2.45) is 17.8 Å². The van der Waals surface area contributed by atoms with Gasteiger partial charge in [-0.05, 0) is 73.4 Å². The summed E-state index contributed by atoms with van der Waals surface area (Å²) in [7, 11) is 2.07. The van der Waals surface area contributed by atoms with E-state index in [2.05, 4.69) is 26.5 Å². The highest BCUT2D eigenvalue weighted by atomic mass is 32.2. The van der Waals surface area contributed by atoms with Crippen molar-refractivity contribution in [3.8, 4) is 11.6 Å². The van der Waals surface area contributed by atoms with Crippen molar-refractivity contribution in [3.63, 3.8) is 0 Å². The van der Waals surface area contributed by atoms with Crippen LogP contribution in [-0.2, 0) is 21.0 Å². The topological polar surface area (TPSA) is 114 Å². The lowest BCUT2D eigenvalue weighted by Gasteiger charge is -2.34. The van der Waals surface area contributed by atoms with E-state index < -0.39 is 16.2 Å². The highest BCUT2D eigenvalue weighted by molar-refractivity contribution is 7.84. The summed E-state index contributed by atoms with van der Waals surface area (Å²) in [6.07, 6.45) is 5.71. The van der Waals surface area contributed by atoms with Gasteiger partial charge in [-0.25, -0.2) is 10.4 Å². The molecule has 0 radical (unpaired) electrons. The number of carbonyl (C=O) groups is 1. The third-order valence-corrected chi connectivity index (χ3v) is 9.19. The zero-order valence-corrected chi connectivity index (χ0v) is 20.9. The molecule has 186 valence electrons. The molecule has 1 spiro atoms. The first kappa shape index (κ1) is 22.8. The van der Waals surface area contributed by atoms with Crippen LogP contribution in [-0.4, -0.2) is 47.8 Å². The molecule has 10 heteroatoms. The number of pyridine rings is 1. The van der Waals surface area contributed by atoms with Gasteiger partial charge < -0.3 is 20.1 Å². The lowest BCUT2D eigenvalue weighted by molar-refractivity contribution is -0.118. The monoisotopic (exact) mass is 497 g/mol. The molecule has 9 nitrogen and oxygen atoms in total. The van der Waals surface area contributed by atoms with Gasteiger partial charge in [0.05, 0.1) is 42.3 Å². The molecule has 2 aliphatic carbocycles. The zero-order chi connectivity index (χ0) is 24.3. The number of hydrogen-bond donors (Lipinski definition) is 4. The van der Waals surface area contributed by atoms with Crippen LogP contribution >= 0.6 is 0 Å². The summed E-state index contributed by atoms with van der Waals surface area (Å²) in [4.78, 5) is 17.4. The lowest BCUT2D eigenvalue weighted by Crippen LogP contribution is -2.39. The first-order valence-electron chi connectivity index (χ1n) is 12.1. The number of fused-ring (bicyclic) bond motifs is 3. The largest absolute Gasteiger partial charge is 0.497 e. The summed E-state index contributed by atoms with van der Waals surface area (Å²) in [5.41, 5.74) is 9.31. The Morgan fingerprint density at radius 1 is 1.14 bits per heavy atom. The Kier molecular flexibility index (Phi) is 5.50. The van der Waals surface area contributed by atoms with Crippen LogP contribution in [0.1, 0.15) is 31.2 Å². The molecular weight excluding hydrogens is 466 g/mol. The molecule has 1 aromatic carbocycles. The minimum atomic E-state index is -1.17. The second kappa shape index (κ2) is 8.46. The van der Waals surface area contributed by atoms with Gasteiger partial charge in [0.15, 0.2) is 0 Å². The number of amides is 1. The number of rotatable bonds is 6. The highest BCUT2D eigenvalue weighted by Gasteiger charge is 2.67. The summed E-state index contributed by atoms with van der Waals surface area (Å²) < 4.78 is 22.7. The maximum atomic E-state index is 13.1. The minimum absolute atomic E-state index is 0.0301. The number of nitrogens with zero attached hydrogens (tertiary/aromatic N) is 1. The first-order chi connectivity index (χ1) is 16.9. The fourth-order valence-corrected chi connectivity index (χ4v) is 7.00. The van der Waals surface area contributed by atoms with Crippen LogP contribution in [0.4, 0.5) is 11.4 Å². The number of nitrogens with one attached hydrogen (secondary N) is 4. The maximum absolute atomic E-state index is 13.1. The summed E-state index contributed by atoms with van der Waals surface area (Å²) in [6, 6.07) is 9.86. The molecule has 1 amide bonds. The Labute approximate surface area is 207 Å². The van der Waals surface area contributed by atoms with E-state index in [4.69, 9.17) is 9.47 Å². The van der Waals surface area contributed by atoms with E-state index >= 15 is 0 Å². The average molecular weight is 498 g/mol. The van der Waals surface area contributed by atoms with Crippen LogP contribution in [0.15, 0.2) is 35.4 Å². The molecule has 5 unspecified atom stereocenters. The molecule has 2 aromatic rings. The van der Waals surface area contributed by atoms with Gasteiger partial charge in [0.25, 0.3) is 0 Å². The summed E-state index contributed by atoms with van der Waals surface area (Å²) in [5, 5.41) is 7.13. The summed E-state index contributed by atoms with van der Waals surface area (Å²) in [5.74, 6) is 2.63. The van der Waals surface area contributed by atoms with Crippen LogP contribution in [0.25, 0.3) is 0 Å². The van der Waals surface area contributed by atoms with E-state index in [1.165, 1.54) is 0 Å². The predicted molar refractivity (Wildman–Crippen MR) is 133 cm³/mol. The number of benzene rings is 1. The third kappa shape index (κ3) is 3.61. The summed E-state index contributed by atoms with van der Waals surface area (Å²) in [6.45, 7) is 0. The van der Waals surface area contributed by atoms with E-state index in [1.54, 1.807) is 26.5 Å². The molecule has 3 heterocycles. The quantitative estimate of drug-likeness (QED) is 0.481. The minimum Gasteiger partial charge on any atom is -0.497 e. The number of methoxy groups -OCH3 is 2. The van der Waals surface area contributed by atoms with Crippen molar-refractivity contribution in [1.29, 1.82) is 0 Å². The molecule has 2 aliphatic heterocycles. The summed E-state index contributed by atoms with van der Waals surface area (Å²) >= 11 is 0. The second-order valence-corrected chi connectivity index (χ2v) is 11.4. The van der Waals surface area contributed by atoms with Crippen molar-refractivity contribution < 1.29 is 18.5 Å². The molecule has 1 saturated heterocycles. The maximum Gasteiger partial charge on any atom is 0.238 e. The molecule has 4 aliphatic rings. The van der Waals surface area contributed by atoms with Crippen LogP contribution in [0, 0.1) is 17.8 Å². The zero-order valence-electron chi connectivity index (χ0n) is 20.1. The van der Waals surface area contributed by atoms with Gasteiger partial charge in [0.1, 0.15) is 10.8 Å². The number of hydrogen-bond acceptors (Lipinski definition) is 8. The Bertz CT molecular complexity index is 1210. The molecule has 0 bridgehead atoms. The number of anilines is 2. The Morgan fingerprint density at radius 2 is 2.00 bits per heavy atom. The molecule has 6 rings (SSSR count). The first-order valence-corrected chi connectivity index (χ1v) is 13.7. The number of ether oxygens (including phenoxy) is 2. The van der Waals surface area contributed by atoms with Crippen LogP contribution in [0.3, 0.4) is 0 Å². The van der Waals surface area contributed by atoms with Crippen LogP contribution in [0.2, 0.25) is 0 Å². The predicted octanol–water partition coefficient (Wildman–Crippen LogP) is 2.38. The van der Waals surface area contributed by atoms with Gasteiger partial charge in [0, 0.05) is 23.9 Å². The number of carbonyl (C=O) groups excluding carboxylic acids is 1. The van der Waals surface area contributed by atoms with Crippen LogP contribution in [0.5, 0.6) is 11.6 Å². The molecule has 3 fully saturated rings. The molecule has 1 aromatic heterocycles.